The lowest BCUT2D eigenvalue weighted by molar-refractivity contribution is 0.100. The van der Waals surface area contributed by atoms with Crippen LogP contribution >= 0.6 is 0 Å². The molecular formula is C16H16N6O. The van der Waals surface area contributed by atoms with Gasteiger partial charge in [0.15, 0.2) is 0 Å². The molecule has 2 aromatic carbocycles. The van der Waals surface area contributed by atoms with Crippen LogP contribution in [0, 0.1) is 6.92 Å². The summed E-state index contributed by atoms with van der Waals surface area (Å²) in [4.78, 5) is 11.1. The molecule has 0 aliphatic heterocycles. The van der Waals surface area contributed by atoms with Crippen molar-refractivity contribution in [3.63, 3.8) is 0 Å². The van der Waals surface area contributed by atoms with Gasteiger partial charge in [-0.15, -0.1) is 0 Å². The van der Waals surface area contributed by atoms with Gasteiger partial charge in [-0.3, -0.25) is 4.79 Å². The number of carbonyl (C=O) groups is 1. The summed E-state index contributed by atoms with van der Waals surface area (Å²) < 4.78 is 1.64. The Morgan fingerprint density at radius 2 is 1.83 bits per heavy atom. The fourth-order valence-electron chi connectivity index (χ4n) is 2.13. The van der Waals surface area contributed by atoms with Crippen molar-refractivity contribution in [2.75, 3.05) is 5.32 Å². The molecule has 0 fully saturated rings. The zero-order valence-corrected chi connectivity index (χ0v) is 12.6. The van der Waals surface area contributed by atoms with E-state index in [9.17, 15) is 4.79 Å². The largest absolute Gasteiger partial charge is 0.366 e. The average molecular weight is 308 g/mol. The molecule has 0 atom stereocenters. The Balaban J connectivity index is 1.73. The first-order valence-corrected chi connectivity index (χ1v) is 7.11. The van der Waals surface area contributed by atoms with Crippen molar-refractivity contribution < 1.29 is 4.79 Å². The molecule has 3 aromatic rings. The first kappa shape index (κ1) is 14.7. The topological polar surface area (TPSA) is 98.7 Å². The molecule has 7 nitrogen and oxygen atoms in total. The maximum atomic E-state index is 11.1. The second kappa shape index (κ2) is 6.27. The number of aromatic nitrogens is 4. The third kappa shape index (κ3) is 3.34. The number of benzene rings is 2. The minimum Gasteiger partial charge on any atom is -0.366 e. The molecule has 0 saturated carbocycles. The summed E-state index contributed by atoms with van der Waals surface area (Å²) in [6.07, 6.45) is 0. The highest BCUT2D eigenvalue weighted by atomic mass is 16.1. The summed E-state index contributed by atoms with van der Waals surface area (Å²) in [7, 11) is 0. The summed E-state index contributed by atoms with van der Waals surface area (Å²) in [5.74, 6) is 0.112. The lowest BCUT2D eigenvalue weighted by atomic mass is 10.1. The molecule has 1 aromatic heterocycles. The van der Waals surface area contributed by atoms with Crippen LogP contribution in [0.15, 0.2) is 48.5 Å². The van der Waals surface area contributed by atoms with Gasteiger partial charge in [0.2, 0.25) is 11.9 Å². The number of hydrogen-bond donors (Lipinski definition) is 2. The Morgan fingerprint density at radius 1 is 1.13 bits per heavy atom. The van der Waals surface area contributed by atoms with Crippen LogP contribution < -0.4 is 11.1 Å². The summed E-state index contributed by atoms with van der Waals surface area (Å²) >= 11 is 0. The minimum atomic E-state index is -0.437. The monoisotopic (exact) mass is 308 g/mol. The van der Waals surface area contributed by atoms with Gasteiger partial charge in [0.1, 0.15) is 0 Å². The number of anilines is 1. The lowest BCUT2D eigenvalue weighted by Crippen LogP contribution is -2.11. The first-order valence-electron chi connectivity index (χ1n) is 7.11. The Labute approximate surface area is 133 Å². The highest BCUT2D eigenvalue weighted by Crippen LogP contribution is 2.13. The molecule has 0 saturated heterocycles. The van der Waals surface area contributed by atoms with Crippen molar-refractivity contribution >= 4 is 11.9 Å². The number of aryl methyl sites for hydroxylation is 1. The van der Waals surface area contributed by atoms with E-state index in [0.717, 1.165) is 11.3 Å². The Morgan fingerprint density at radius 3 is 2.48 bits per heavy atom. The molecule has 7 heteroatoms. The van der Waals surface area contributed by atoms with Crippen LogP contribution in [0.2, 0.25) is 0 Å². The van der Waals surface area contributed by atoms with Crippen molar-refractivity contribution in [1.82, 2.24) is 20.2 Å². The second-order valence-corrected chi connectivity index (χ2v) is 5.16. The quantitative estimate of drug-likeness (QED) is 0.747. The van der Waals surface area contributed by atoms with Crippen LogP contribution in [0.4, 0.5) is 5.95 Å². The summed E-state index contributed by atoms with van der Waals surface area (Å²) in [6, 6.07) is 15.0. The average Bonchev–Trinajstić information content (AvgIpc) is 3.02. The Hall–Kier alpha value is -3.22. The number of amides is 1. The summed E-state index contributed by atoms with van der Waals surface area (Å²) in [5.41, 5.74) is 8.76. The van der Waals surface area contributed by atoms with E-state index in [1.165, 1.54) is 5.56 Å². The molecule has 23 heavy (non-hydrogen) atoms. The molecule has 0 bridgehead atoms. The number of tetrazole rings is 1. The van der Waals surface area contributed by atoms with E-state index in [2.05, 4.69) is 20.8 Å². The van der Waals surface area contributed by atoms with Crippen molar-refractivity contribution in [3.05, 3.63) is 65.2 Å². The number of carbonyl (C=O) groups excluding carboxylic acids is 1. The van der Waals surface area contributed by atoms with Gasteiger partial charge in [-0.25, -0.2) is 0 Å². The van der Waals surface area contributed by atoms with Crippen LogP contribution in [0.1, 0.15) is 21.5 Å². The van der Waals surface area contributed by atoms with Gasteiger partial charge in [0.25, 0.3) is 0 Å². The molecular weight excluding hydrogens is 292 g/mol. The Bertz CT molecular complexity index is 807. The highest BCUT2D eigenvalue weighted by Gasteiger charge is 2.08. The fraction of sp³-hybridized carbons (Fsp3) is 0.125. The third-order valence-corrected chi connectivity index (χ3v) is 3.44. The molecule has 1 heterocycles. The molecule has 3 N–H and O–H groups in total. The van der Waals surface area contributed by atoms with E-state index in [1.54, 1.807) is 16.8 Å². The number of nitrogens with one attached hydrogen (secondary N) is 1. The standard InChI is InChI=1S/C16H16N6O/c1-11-2-8-14(9-3-11)22-16(19-20-21-22)18-10-12-4-6-13(7-5-12)15(17)23/h2-9H,10H2,1H3,(H2,17,23)(H,18,19,21). The van der Waals surface area contributed by atoms with Crippen LogP contribution in [-0.2, 0) is 6.54 Å². The van der Waals surface area contributed by atoms with Crippen LogP contribution in [0.3, 0.4) is 0 Å². The highest BCUT2D eigenvalue weighted by molar-refractivity contribution is 5.92. The molecule has 0 spiro atoms. The number of nitrogens with zero attached hydrogens (tertiary/aromatic N) is 4. The maximum absolute atomic E-state index is 11.1. The van der Waals surface area contributed by atoms with Crippen molar-refractivity contribution in [3.8, 4) is 5.69 Å². The van der Waals surface area contributed by atoms with E-state index < -0.39 is 5.91 Å². The normalized spacial score (nSPS) is 10.5. The number of primary amides is 1. The van der Waals surface area contributed by atoms with E-state index in [4.69, 9.17) is 5.73 Å². The van der Waals surface area contributed by atoms with Gasteiger partial charge in [0, 0.05) is 12.1 Å². The molecule has 0 radical (unpaired) electrons. The van der Waals surface area contributed by atoms with Crippen LogP contribution in [-0.4, -0.2) is 26.1 Å². The summed E-state index contributed by atoms with van der Waals surface area (Å²) in [6.45, 7) is 2.56. The molecule has 116 valence electrons. The van der Waals surface area contributed by atoms with Gasteiger partial charge in [0.05, 0.1) is 5.69 Å². The zero-order valence-electron chi connectivity index (χ0n) is 12.6. The summed E-state index contributed by atoms with van der Waals surface area (Å²) in [5, 5.41) is 14.9. The van der Waals surface area contributed by atoms with Crippen molar-refractivity contribution in [2.24, 2.45) is 5.73 Å². The fourth-order valence-corrected chi connectivity index (χ4v) is 2.13. The van der Waals surface area contributed by atoms with Crippen molar-refractivity contribution in [1.29, 1.82) is 0 Å². The van der Waals surface area contributed by atoms with Gasteiger partial charge in [-0.05, 0) is 47.2 Å². The van der Waals surface area contributed by atoms with Gasteiger partial charge in [-0.1, -0.05) is 34.9 Å². The van der Waals surface area contributed by atoms with Gasteiger partial charge < -0.3 is 11.1 Å². The first-order chi connectivity index (χ1) is 11.1. The Kier molecular flexibility index (Phi) is 4.01. The molecule has 3 rings (SSSR count). The van der Waals surface area contributed by atoms with E-state index in [-0.39, 0.29) is 0 Å². The number of nitrogens with two attached hydrogens (primary N) is 1. The van der Waals surface area contributed by atoms with Crippen LogP contribution in [0.5, 0.6) is 0 Å². The third-order valence-electron chi connectivity index (χ3n) is 3.44. The number of rotatable bonds is 5. The van der Waals surface area contributed by atoms with Crippen molar-refractivity contribution in [2.45, 2.75) is 13.5 Å². The maximum Gasteiger partial charge on any atom is 0.248 e. The predicted octanol–water partition coefficient (Wildman–Crippen LogP) is 1.68. The number of hydrogen-bond acceptors (Lipinski definition) is 5. The minimum absolute atomic E-state index is 0.437. The second-order valence-electron chi connectivity index (χ2n) is 5.16. The van der Waals surface area contributed by atoms with Gasteiger partial charge in [-0.2, -0.15) is 4.68 Å². The molecule has 0 unspecified atom stereocenters. The molecule has 1 amide bonds. The predicted molar refractivity (Wildman–Crippen MR) is 86.2 cm³/mol. The van der Waals surface area contributed by atoms with Gasteiger partial charge >= 0.3 is 0 Å². The van der Waals surface area contributed by atoms with E-state index in [0.29, 0.717) is 18.1 Å². The van der Waals surface area contributed by atoms with E-state index >= 15 is 0 Å². The molecule has 0 aliphatic carbocycles. The van der Waals surface area contributed by atoms with Crippen LogP contribution in [0.25, 0.3) is 5.69 Å². The van der Waals surface area contributed by atoms with E-state index in [1.807, 2.05) is 43.3 Å². The smallest absolute Gasteiger partial charge is 0.248 e. The molecule has 0 aliphatic rings. The SMILES string of the molecule is Cc1ccc(-n2nnnc2NCc2ccc(C(N)=O)cc2)cc1. The zero-order chi connectivity index (χ0) is 16.2. The lowest BCUT2D eigenvalue weighted by Gasteiger charge is -2.07.